The van der Waals surface area contributed by atoms with Gasteiger partial charge in [0.25, 0.3) is 11.5 Å². The molecule has 1 saturated heterocycles. The van der Waals surface area contributed by atoms with Crippen molar-refractivity contribution < 1.29 is 14.3 Å². The van der Waals surface area contributed by atoms with E-state index in [0.29, 0.717) is 72.2 Å². The summed E-state index contributed by atoms with van der Waals surface area (Å²) in [6, 6.07) is 8.97. The molecule has 1 amide bonds. The summed E-state index contributed by atoms with van der Waals surface area (Å²) in [5.74, 6) is 5.02. The van der Waals surface area contributed by atoms with E-state index >= 15 is 0 Å². The van der Waals surface area contributed by atoms with Crippen LogP contribution in [-0.4, -0.2) is 73.2 Å². The lowest BCUT2D eigenvalue weighted by atomic mass is 10.1. The minimum atomic E-state index is -0.700. The van der Waals surface area contributed by atoms with Crippen molar-refractivity contribution in [2.24, 2.45) is 5.84 Å². The van der Waals surface area contributed by atoms with Crippen molar-refractivity contribution >= 4 is 51.4 Å². The molecule has 3 aromatic rings. The zero-order valence-corrected chi connectivity index (χ0v) is 21.3. The van der Waals surface area contributed by atoms with E-state index in [0.717, 1.165) is 0 Å². The third-order valence-electron chi connectivity index (χ3n) is 6.10. The molecule has 0 spiro atoms. The minimum Gasteiger partial charge on any atom is -0.465 e. The topological polar surface area (TPSA) is 101 Å². The second-order valence-electron chi connectivity index (χ2n) is 8.42. The summed E-state index contributed by atoms with van der Waals surface area (Å²) in [6.45, 7) is 2.81. The van der Waals surface area contributed by atoms with E-state index in [1.165, 1.54) is 18.4 Å². The quantitative estimate of drug-likeness (QED) is 0.292. The molecule has 1 aliphatic heterocycles. The highest BCUT2D eigenvalue weighted by Crippen LogP contribution is 2.32. The third kappa shape index (κ3) is 5.20. The lowest BCUT2D eigenvalue weighted by molar-refractivity contribution is 0.0597. The Kier molecular flexibility index (Phi) is 7.75. The molecule has 11 heteroatoms. The van der Waals surface area contributed by atoms with Crippen LogP contribution in [0.2, 0.25) is 5.02 Å². The number of aryl methyl sites for hydroxylation is 1. The zero-order chi connectivity index (χ0) is 25.1. The van der Waals surface area contributed by atoms with Crippen LogP contribution in [0, 0.1) is 0 Å². The number of carbonyl (C=O) groups is 2. The lowest BCUT2D eigenvalue weighted by Crippen LogP contribution is -2.49. The van der Waals surface area contributed by atoms with Crippen LogP contribution in [0.5, 0.6) is 0 Å². The van der Waals surface area contributed by atoms with Crippen LogP contribution >= 0.6 is 22.9 Å². The Labute approximate surface area is 212 Å². The van der Waals surface area contributed by atoms with Crippen LogP contribution in [0.3, 0.4) is 0 Å². The molecule has 4 rings (SSSR count). The number of piperazine rings is 1. The molecule has 1 fully saturated rings. The van der Waals surface area contributed by atoms with E-state index in [1.54, 1.807) is 39.7 Å². The maximum atomic E-state index is 13.6. The van der Waals surface area contributed by atoms with Crippen LogP contribution in [-0.2, 0) is 11.3 Å². The van der Waals surface area contributed by atoms with Crippen molar-refractivity contribution in [3.05, 3.63) is 61.5 Å². The monoisotopic (exact) mass is 517 g/mol. The first-order chi connectivity index (χ1) is 16.8. The number of hydrazine groups is 1. The number of amides is 1. The number of esters is 1. The molecule has 0 bridgehead atoms. The fourth-order valence-corrected chi connectivity index (χ4v) is 5.28. The van der Waals surface area contributed by atoms with E-state index in [1.807, 2.05) is 22.4 Å². The molecular formula is C24H28ClN5O4S. The number of halogens is 1. The second kappa shape index (κ2) is 10.8. The van der Waals surface area contributed by atoms with E-state index in [9.17, 15) is 14.4 Å². The molecule has 0 aliphatic carbocycles. The van der Waals surface area contributed by atoms with Gasteiger partial charge in [-0.25, -0.2) is 4.79 Å². The number of carbonyl (C=O) groups excluding carboxylic acids is 2. The van der Waals surface area contributed by atoms with Gasteiger partial charge in [0.1, 0.15) is 5.56 Å². The maximum absolute atomic E-state index is 13.6. The van der Waals surface area contributed by atoms with Gasteiger partial charge in [0, 0.05) is 56.7 Å². The predicted molar refractivity (Wildman–Crippen MR) is 138 cm³/mol. The van der Waals surface area contributed by atoms with Gasteiger partial charge in [0.15, 0.2) is 0 Å². The Balaban J connectivity index is 1.75. The smallest absolute Gasteiger partial charge is 0.345 e. The highest BCUT2D eigenvalue weighted by Gasteiger charge is 2.30. The van der Waals surface area contributed by atoms with Crippen LogP contribution in [0.15, 0.2) is 40.5 Å². The van der Waals surface area contributed by atoms with Crippen molar-refractivity contribution in [1.82, 2.24) is 14.5 Å². The van der Waals surface area contributed by atoms with Gasteiger partial charge in [-0.2, -0.15) is 0 Å². The average molecular weight is 518 g/mol. The number of fused-ring (bicyclic) bond motifs is 1. The van der Waals surface area contributed by atoms with Gasteiger partial charge in [-0.3, -0.25) is 20.4 Å². The summed E-state index contributed by atoms with van der Waals surface area (Å²) in [5, 5.41) is 4.61. The molecule has 186 valence electrons. The van der Waals surface area contributed by atoms with Crippen molar-refractivity contribution in [3.8, 4) is 0 Å². The largest absolute Gasteiger partial charge is 0.465 e. The van der Waals surface area contributed by atoms with Crippen molar-refractivity contribution in [3.63, 3.8) is 0 Å². The fourth-order valence-electron chi connectivity index (χ4n) is 4.42. The van der Waals surface area contributed by atoms with Crippen LogP contribution < -0.4 is 16.3 Å². The van der Waals surface area contributed by atoms with Gasteiger partial charge in [0.05, 0.1) is 23.2 Å². The third-order valence-corrected chi connectivity index (χ3v) is 7.19. The Morgan fingerprint density at radius 1 is 1.20 bits per heavy atom. The number of ether oxygens (including phenoxy) is 1. The molecule has 3 heterocycles. The first kappa shape index (κ1) is 25.2. The number of pyridine rings is 1. The predicted octanol–water partition coefficient (Wildman–Crippen LogP) is 2.66. The molecule has 2 N–H and O–H groups in total. The Morgan fingerprint density at radius 3 is 2.57 bits per heavy atom. The molecule has 9 nitrogen and oxygen atoms in total. The van der Waals surface area contributed by atoms with E-state index in [4.69, 9.17) is 22.2 Å². The van der Waals surface area contributed by atoms with Gasteiger partial charge in [-0.05, 0) is 36.1 Å². The molecular weight excluding hydrogens is 490 g/mol. The van der Waals surface area contributed by atoms with Crippen LogP contribution in [0.1, 0.15) is 26.5 Å². The fraction of sp³-hybridized carbons (Fsp3) is 0.375. The highest BCUT2D eigenvalue weighted by molar-refractivity contribution is 7.12. The summed E-state index contributed by atoms with van der Waals surface area (Å²) in [7, 11) is 3.02. The summed E-state index contributed by atoms with van der Waals surface area (Å²) < 4.78 is 6.62. The van der Waals surface area contributed by atoms with E-state index in [2.05, 4.69) is 0 Å². The molecule has 1 aliphatic rings. The van der Waals surface area contributed by atoms with Gasteiger partial charge in [-0.1, -0.05) is 17.7 Å². The summed E-state index contributed by atoms with van der Waals surface area (Å²) >= 11 is 7.77. The van der Waals surface area contributed by atoms with Crippen LogP contribution in [0.25, 0.3) is 10.9 Å². The number of methoxy groups -OCH3 is 1. The number of nitrogens with two attached hydrogens (primary N) is 1. The summed E-state index contributed by atoms with van der Waals surface area (Å²) in [4.78, 5) is 43.8. The number of nitrogens with zero attached hydrogens (tertiary/aromatic N) is 4. The number of rotatable bonds is 7. The van der Waals surface area contributed by atoms with Gasteiger partial charge in [0.2, 0.25) is 0 Å². The molecule has 1 aromatic carbocycles. The Bertz CT molecular complexity index is 1280. The number of benzene rings is 1. The first-order valence-electron chi connectivity index (χ1n) is 11.3. The maximum Gasteiger partial charge on any atom is 0.345 e. The molecule has 0 atom stereocenters. The molecule has 2 aromatic heterocycles. The van der Waals surface area contributed by atoms with Gasteiger partial charge in [-0.15, -0.1) is 11.3 Å². The minimum absolute atomic E-state index is 0.0129. The summed E-state index contributed by atoms with van der Waals surface area (Å²) in [5.41, 5.74) is 0.730. The summed E-state index contributed by atoms with van der Waals surface area (Å²) in [6.07, 6.45) is 0.619. The molecule has 0 unspecified atom stereocenters. The molecule has 0 radical (unpaired) electrons. The highest BCUT2D eigenvalue weighted by atomic mass is 35.5. The Morgan fingerprint density at radius 2 is 1.94 bits per heavy atom. The number of thiophene rings is 1. The standard InChI is InChI=1S/C24H28ClN5O4S/c1-27(26)8-4-9-30-18-7-6-16(25)15-17(18)21(20(23(30)32)24(33)34-2)28-10-12-29(13-11-28)22(31)19-5-3-14-35-19/h3,5-7,14-15H,4,8-13,26H2,1-2H3. The first-order valence-corrected chi connectivity index (χ1v) is 12.6. The number of hydrogen-bond donors (Lipinski definition) is 1. The van der Waals surface area contributed by atoms with Crippen molar-refractivity contribution in [1.29, 1.82) is 0 Å². The van der Waals surface area contributed by atoms with Crippen molar-refractivity contribution in [2.45, 2.75) is 13.0 Å². The van der Waals surface area contributed by atoms with E-state index in [-0.39, 0.29) is 11.5 Å². The average Bonchev–Trinajstić information content (AvgIpc) is 3.39. The number of hydrogen-bond acceptors (Lipinski definition) is 8. The normalized spacial score (nSPS) is 14.1. The lowest BCUT2D eigenvalue weighted by Gasteiger charge is -2.37. The molecule has 35 heavy (non-hydrogen) atoms. The molecule has 0 saturated carbocycles. The number of aromatic nitrogens is 1. The Hall–Kier alpha value is -2.92. The van der Waals surface area contributed by atoms with Crippen molar-refractivity contribution in [2.75, 3.05) is 51.8 Å². The van der Waals surface area contributed by atoms with Gasteiger partial charge < -0.3 is 19.1 Å². The van der Waals surface area contributed by atoms with Crippen LogP contribution in [0.4, 0.5) is 5.69 Å². The SMILES string of the molecule is COC(=O)c1c(N2CCN(C(=O)c3cccs3)CC2)c2cc(Cl)ccc2n(CCCN(C)N)c1=O. The zero-order valence-electron chi connectivity index (χ0n) is 19.7. The number of anilines is 1. The van der Waals surface area contributed by atoms with E-state index < -0.39 is 11.5 Å². The second-order valence-corrected chi connectivity index (χ2v) is 9.81. The van der Waals surface area contributed by atoms with Gasteiger partial charge >= 0.3 is 5.97 Å².